The third kappa shape index (κ3) is 1.96. The second-order valence-corrected chi connectivity index (χ2v) is 5.40. The van der Waals surface area contributed by atoms with Crippen LogP contribution in [-0.2, 0) is 10.2 Å². The summed E-state index contributed by atoms with van der Waals surface area (Å²) in [6.45, 7) is 0.0423. The second kappa shape index (κ2) is 4.41. The molecule has 1 spiro atoms. The lowest BCUT2D eigenvalue weighted by molar-refractivity contribution is -0.274. The van der Waals surface area contributed by atoms with E-state index in [-0.39, 0.29) is 24.0 Å². The molecule has 2 aromatic carbocycles. The molecule has 23 heavy (non-hydrogen) atoms. The summed E-state index contributed by atoms with van der Waals surface area (Å²) in [5.74, 6) is -0.402. The molecule has 2 heterocycles. The molecule has 4 rings (SSSR count). The van der Waals surface area contributed by atoms with Crippen LogP contribution in [0.2, 0.25) is 0 Å². The van der Waals surface area contributed by atoms with E-state index in [2.05, 4.69) is 10.1 Å². The molecule has 7 heteroatoms. The summed E-state index contributed by atoms with van der Waals surface area (Å²) >= 11 is 0. The summed E-state index contributed by atoms with van der Waals surface area (Å²) < 4.78 is 46.4. The Morgan fingerprint density at radius 2 is 1.91 bits per heavy atom. The molecule has 1 unspecified atom stereocenters. The van der Waals surface area contributed by atoms with E-state index >= 15 is 0 Å². The van der Waals surface area contributed by atoms with Crippen molar-refractivity contribution in [2.45, 2.75) is 11.8 Å². The van der Waals surface area contributed by atoms with Gasteiger partial charge in [-0.3, -0.25) is 4.79 Å². The lowest BCUT2D eigenvalue weighted by Crippen LogP contribution is -2.37. The van der Waals surface area contributed by atoms with Crippen LogP contribution in [0.1, 0.15) is 11.1 Å². The average molecular weight is 321 g/mol. The van der Waals surface area contributed by atoms with Crippen molar-refractivity contribution in [1.82, 2.24) is 0 Å². The van der Waals surface area contributed by atoms with Crippen molar-refractivity contribution >= 4 is 11.6 Å². The van der Waals surface area contributed by atoms with Gasteiger partial charge in [-0.1, -0.05) is 24.3 Å². The molecule has 0 saturated heterocycles. The molecule has 1 N–H and O–H groups in total. The van der Waals surface area contributed by atoms with Gasteiger partial charge in [0.2, 0.25) is 5.91 Å². The first-order chi connectivity index (χ1) is 10.9. The van der Waals surface area contributed by atoms with Crippen LogP contribution in [0.3, 0.4) is 0 Å². The van der Waals surface area contributed by atoms with Gasteiger partial charge in [0.1, 0.15) is 23.5 Å². The number of carbonyl (C=O) groups excluding carboxylic acids is 1. The molecule has 0 aromatic heterocycles. The summed E-state index contributed by atoms with van der Waals surface area (Å²) in [6, 6.07) is 11.0. The number of para-hydroxylation sites is 1. The van der Waals surface area contributed by atoms with Crippen LogP contribution >= 0.6 is 0 Å². The predicted molar refractivity (Wildman–Crippen MR) is 74.5 cm³/mol. The molecule has 1 atom stereocenters. The minimum Gasteiger partial charge on any atom is -0.491 e. The number of carbonyl (C=O) groups is 1. The number of alkyl halides is 3. The van der Waals surface area contributed by atoms with E-state index in [1.807, 2.05) is 6.07 Å². The lowest BCUT2D eigenvalue weighted by Gasteiger charge is -2.20. The summed E-state index contributed by atoms with van der Waals surface area (Å²) in [6.07, 6.45) is -4.78. The van der Waals surface area contributed by atoms with Crippen LogP contribution in [-0.4, -0.2) is 18.9 Å². The molecule has 0 bridgehead atoms. The lowest BCUT2D eigenvalue weighted by atomic mass is 9.77. The molecule has 0 aliphatic carbocycles. The van der Waals surface area contributed by atoms with E-state index in [1.54, 1.807) is 18.2 Å². The number of halogens is 3. The summed E-state index contributed by atoms with van der Waals surface area (Å²) in [4.78, 5) is 12.5. The number of benzene rings is 2. The predicted octanol–water partition coefficient (Wildman–Crippen LogP) is 3.22. The molecular weight excluding hydrogens is 311 g/mol. The highest BCUT2D eigenvalue weighted by atomic mass is 19.4. The van der Waals surface area contributed by atoms with Gasteiger partial charge in [0.15, 0.2) is 0 Å². The maximum atomic E-state index is 12.5. The van der Waals surface area contributed by atoms with Gasteiger partial charge in [-0.2, -0.15) is 0 Å². The van der Waals surface area contributed by atoms with Gasteiger partial charge < -0.3 is 14.8 Å². The maximum Gasteiger partial charge on any atom is 0.573 e. The van der Waals surface area contributed by atoms with E-state index in [0.29, 0.717) is 11.3 Å². The Morgan fingerprint density at radius 1 is 1.13 bits per heavy atom. The summed E-state index contributed by atoms with van der Waals surface area (Å²) in [7, 11) is 0. The van der Waals surface area contributed by atoms with E-state index in [4.69, 9.17) is 4.74 Å². The Labute approximate surface area is 128 Å². The molecule has 0 radical (unpaired) electrons. The standard InChI is InChI=1S/C16H10F3NO3/c17-16(18,19)23-9-5-6-11-13(7-9)22-8-15(11)10-3-1-2-4-12(10)20-14(15)21/h1-7H,8H2,(H,20,21). The van der Waals surface area contributed by atoms with Crippen LogP contribution in [0, 0.1) is 0 Å². The van der Waals surface area contributed by atoms with Gasteiger partial charge in [0, 0.05) is 17.3 Å². The van der Waals surface area contributed by atoms with Crippen LogP contribution in [0.15, 0.2) is 42.5 Å². The van der Waals surface area contributed by atoms with Gasteiger partial charge in [0.05, 0.1) is 0 Å². The van der Waals surface area contributed by atoms with E-state index in [9.17, 15) is 18.0 Å². The fourth-order valence-electron chi connectivity index (χ4n) is 3.16. The minimum absolute atomic E-state index is 0.0423. The maximum absolute atomic E-state index is 12.5. The Hall–Kier alpha value is -2.70. The van der Waals surface area contributed by atoms with Gasteiger partial charge in [-0.05, 0) is 17.7 Å². The molecule has 1 amide bonds. The number of amides is 1. The second-order valence-electron chi connectivity index (χ2n) is 5.40. The molecule has 118 valence electrons. The third-order valence-corrected chi connectivity index (χ3v) is 4.11. The number of hydrogen-bond donors (Lipinski definition) is 1. The zero-order chi connectivity index (χ0) is 16.2. The monoisotopic (exact) mass is 321 g/mol. The minimum atomic E-state index is -4.78. The zero-order valence-corrected chi connectivity index (χ0v) is 11.6. The Kier molecular flexibility index (Phi) is 2.67. The summed E-state index contributed by atoms with van der Waals surface area (Å²) in [5.41, 5.74) is 0.954. The van der Waals surface area contributed by atoms with Crippen LogP contribution in [0.5, 0.6) is 11.5 Å². The van der Waals surface area contributed by atoms with Gasteiger partial charge in [-0.15, -0.1) is 13.2 Å². The number of rotatable bonds is 1. The van der Waals surface area contributed by atoms with Crippen molar-refractivity contribution < 1.29 is 27.4 Å². The van der Waals surface area contributed by atoms with E-state index < -0.39 is 11.8 Å². The fraction of sp³-hybridized carbons (Fsp3) is 0.188. The number of ether oxygens (including phenoxy) is 2. The van der Waals surface area contributed by atoms with Crippen LogP contribution in [0.4, 0.5) is 18.9 Å². The van der Waals surface area contributed by atoms with Crippen molar-refractivity contribution in [1.29, 1.82) is 0 Å². The van der Waals surface area contributed by atoms with Crippen molar-refractivity contribution in [2.75, 3.05) is 11.9 Å². The first kappa shape index (κ1) is 13.9. The van der Waals surface area contributed by atoms with Crippen molar-refractivity contribution in [3.05, 3.63) is 53.6 Å². The van der Waals surface area contributed by atoms with Crippen LogP contribution < -0.4 is 14.8 Å². The first-order valence-corrected chi connectivity index (χ1v) is 6.84. The Balaban J connectivity index is 1.81. The highest BCUT2D eigenvalue weighted by molar-refractivity contribution is 6.09. The molecular formula is C16H10F3NO3. The quantitative estimate of drug-likeness (QED) is 0.877. The molecule has 2 aliphatic heterocycles. The number of anilines is 1. The third-order valence-electron chi connectivity index (χ3n) is 4.11. The Morgan fingerprint density at radius 3 is 2.70 bits per heavy atom. The fourth-order valence-corrected chi connectivity index (χ4v) is 3.16. The summed E-state index contributed by atoms with van der Waals surface area (Å²) in [5, 5.41) is 2.79. The van der Waals surface area contributed by atoms with E-state index in [0.717, 1.165) is 11.6 Å². The van der Waals surface area contributed by atoms with Gasteiger partial charge in [-0.25, -0.2) is 0 Å². The number of fused-ring (bicyclic) bond motifs is 4. The van der Waals surface area contributed by atoms with Crippen molar-refractivity contribution in [3.63, 3.8) is 0 Å². The average Bonchev–Trinajstić information content (AvgIpc) is 2.98. The van der Waals surface area contributed by atoms with E-state index in [1.165, 1.54) is 12.1 Å². The first-order valence-electron chi connectivity index (χ1n) is 6.84. The number of hydrogen-bond acceptors (Lipinski definition) is 3. The molecule has 0 fully saturated rings. The van der Waals surface area contributed by atoms with Crippen molar-refractivity contribution in [3.8, 4) is 11.5 Å². The molecule has 0 saturated carbocycles. The van der Waals surface area contributed by atoms with Crippen molar-refractivity contribution in [2.24, 2.45) is 0 Å². The smallest absolute Gasteiger partial charge is 0.491 e. The Bertz CT molecular complexity index is 818. The SMILES string of the molecule is O=C1Nc2ccccc2C12COc1cc(OC(F)(F)F)ccc12. The normalized spacial score (nSPS) is 21.6. The molecule has 4 nitrogen and oxygen atoms in total. The highest BCUT2D eigenvalue weighted by Crippen LogP contribution is 2.50. The topological polar surface area (TPSA) is 47.6 Å². The largest absolute Gasteiger partial charge is 0.573 e. The molecule has 2 aromatic rings. The molecule has 2 aliphatic rings. The van der Waals surface area contributed by atoms with Crippen LogP contribution in [0.25, 0.3) is 0 Å². The van der Waals surface area contributed by atoms with Gasteiger partial charge >= 0.3 is 6.36 Å². The zero-order valence-electron chi connectivity index (χ0n) is 11.6. The van der Waals surface area contributed by atoms with Gasteiger partial charge in [0.25, 0.3) is 0 Å². The number of nitrogens with one attached hydrogen (secondary N) is 1. The highest BCUT2D eigenvalue weighted by Gasteiger charge is 2.53.